The molecule has 0 saturated heterocycles. The van der Waals surface area contributed by atoms with Gasteiger partial charge in [0.25, 0.3) is 0 Å². The van der Waals surface area contributed by atoms with Crippen molar-refractivity contribution in [2.24, 2.45) is 0 Å². The summed E-state index contributed by atoms with van der Waals surface area (Å²) in [5.74, 6) is 0.111. The van der Waals surface area contributed by atoms with E-state index in [9.17, 15) is 9.59 Å². The van der Waals surface area contributed by atoms with E-state index in [2.05, 4.69) is 5.32 Å². The molecule has 0 aliphatic carbocycles. The van der Waals surface area contributed by atoms with Crippen LogP contribution in [-0.4, -0.2) is 35.8 Å². The van der Waals surface area contributed by atoms with Crippen molar-refractivity contribution in [3.05, 3.63) is 35.4 Å². The van der Waals surface area contributed by atoms with Crippen LogP contribution in [0.1, 0.15) is 38.3 Å². The van der Waals surface area contributed by atoms with E-state index in [1.165, 1.54) is 0 Å². The lowest BCUT2D eigenvalue weighted by Gasteiger charge is -2.25. The van der Waals surface area contributed by atoms with Crippen molar-refractivity contribution in [2.45, 2.75) is 46.6 Å². The quantitative estimate of drug-likeness (QED) is 0.783. The number of rotatable bonds is 7. The Balaban J connectivity index is 2.31. The lowest BCUT2D eigenvalue weighted by molar-refractivity contribution is -0.130. The Kier molecular flexibility index (Phi) is 6.92. The smallest absolute Gasteiger partial charge is 0.224 e. The van der Waals surface area contributed by atoms with Gasteiger partial charge in [-0.3, -0.25) is 9.59 Å². The van der Waals surface area contributed by atoms with Gasteiger partial charge in [0.15, 0.2) is 0 Å². The molecule has 0 spiro atoms. The molecule has 1 aromatic carbocycles. The molecule has 4 nitrogen and oxygen atoms in total. The van der Waals surface area contributed by atoms with Crippen LogP contribution in [0.3, 0.4) is 0 Å². The third-order valence-electron chi connectivity index (χ3n) is 3.54. The summed E-state index contributed by atoms with van der Waals surface area (Å²) in [4.78, 5) is 25.1. The normalized spacial score (nSPS) is 10.5. The fourth-order valence-electron chi connectivity index (χ4n) is 2.30. The minimum absolute atomic E-state index is 0.0308. The molecule has 0 fully saturated rings. The Hall–Kier alpha value is -1.84. The van der Waals surface area contributed by atoms with Crippen molar-refractivity contribution in [3.8, 4) is 0 Å². The summed E-state index contributed by atoms with van der Waals surface area (Å²) in [6.07, 6.45) is 1.19. The van der Waals surface area contributed by atoms with E-state index in [1.54, 1.807) is 6.92 Å². The van der Waals surface area contributed by atoms with Crippen LogP contribution in [0.15, 0.2) is 24.3 Å². The summed E-state index contributed by atoms with van der Waals surface area (Å²) in [5.41, 5.74) is 2.19. The molecule has 116 valence electrons. The summed E-state index contributed by atoms with van der Waals surface area (Å²) < 4.78 is 0. The Bertz CT molecular complexity index is 483. The van der Waals surface area contributed by atoms with Crippen LogP contribution in [0.25, 0.3) is 0 Å². The van der Waals surface area contributed by atoms with Gasteiger partial charge in [-0.15, -0.1) is 0 Å². The third kappa shape index (κ3) is 5.98. The first-order valence-corrected chi connectivity index (χ1v) is 7.50. The van der Waals surface area contributed by atoms with Crippen LogP contribution in [0.2, 0.25) is 0 Å². The van der Waals surface area contributed by atoms with Gasteiger partial charge in [-0.05, 0) is 38.3 Å². The fraction of sp³-hybridized carbons (Fsp3) is 0.529. The van der Waals surface area contributed by atoms with Crippen LogP contribution in [0.5, 0.6) is 0 Å². The monoisotopic (exact) mass is 290 g/mol. The number of carbonyl (C=O) groups is 2. The largest absolute Gasteiger partial charge is 0.356 e. The molecule has 0 atom stereocenters. The molecular weight excluding hydrogens is 264 g/mol. The van der Waals surface area contributed by atoms with Crippen LogP contribution in [-0.2, 0) is 16.0 Å². The first-order chi connectivity index (χ1) is 9.91. The van der Waals surface area contributed by atoms with Crippen molar-refractivity contribution in [2.75, 3.05) is 13.1 Å². The number of hydrogen-bond acceptors (Lipinski definition) is 2. The van der Waals surface area contributed by atoms with Gasteiger partial charge in [0.2, 0.25) is 11.8 Å². The minimum atomic E-state index is 0.0308. The highest BCUT2D eigenvalue weighted by atomic mass is 16.2. The number of amides is 2. The number of hydrogen-bond donors (Lipinski definition) is 1. The van der Waals surface area contributed by atoms with Crippen LogP contribution in [0.4, 0.5) is 0 Å². The van der Waals surface area contributed by atoms with Crippen LogP contribution < -0.4 is 5.32 Å². The number of carbonyl (C=O) groups excluding carboxylic acids is 2. The molecule has 0 radical (unpaired) electrons. The zero-order valence-corrected chi connectivity index (χ0v) is 13.5. The molecule has 1 N–H and O–H groups in total. The molecule has 0 aliphatic heterocycles. The van der Waals surface area contributed by atoms with Crippen molar-refractivity contribution in [1.29, 1.82) is 0 Å². The maximum absolute atomic E-state index is 11.9. The molecule has 0 heterocycles. The average molecular weight is 290 g/mol. The predicted molar refractivity (Wildman–Crippen MR) is 85.0 cm³/mol. The van der Waals surface area contributed by atoms with E-state index in [-0.39, 0.29) is 17.9 Å². The van der Waals surface area contributed by atoms with Crippen molar-refractivity contribution < 1.29 is 9.59 Å². The Morgan fingerprint density at radius 2 is 1.90 bits per heavy atom. The molecule has 0 unspecified atom stereocenters. The molecule has 21 heavy (non-hydrogen) atoms. The van der Waals surface area contributed by atoms with Gasteiger partial charge in [0.05, 0.1) is 6.42 Å². The highest BCUT2D eigenvalue weighted by Crippen LogP contribution is 2.07. The van der Waals surface area contributed by atoms with Gasteiger partial charge in [-0.25, -0.2) is 0 Å². The van der Waals surface area contributed by atoms with E-state index in [0.717, 1.165) is 17.5 Å². The average Bonchev–Trinajstić information content (AvgIpc) is 2.40. The van der Waals surface area contributed by atoms with Crippen LogP contribution in [0, 0.1) is 6.92 Å². The summed E-state index contributed by atoms with van der Waals surface area (Å²) in [7, 11) is 0. The van der Waals surface area contributed by atoms with E-state index in [1.807, 2.05) is 49.9 Å². The zero-order valence-electron chi connectivity index (χ0n) is 13.5. The summed E-state index contributed by atoms with van der Waals surface area (Å²) >= 11 is 0. The summed E-state index contributed by atoms with van der Waals surface area (Å²) in [5, 5.41) is 2.91. The first-order valence-electron chi connectivity index (χ1n) is 7.50. The number of aryl methyl sites for hydroxylation is 1. The molecule has 4 heteroatoms. The van der Waals surface area contributed by atoms with Gasteiger partial charge in [-0.1, -0.05) is 24.3 Å². The minimum Gasteiger partial charge on any atom is -0.356 e. The second-order valence-electron chi connectivity index (χ2n) is 5.61. The molecular formula is C17H26N2O2. The second kappa shape index (κ2) is 8.45. The number of nitrogens with zero attached hydrogens (tertiary/aromatic N) is 1. The summed E-state index contributed by atoms with van der Waals surface area (Å²) in [6, 6.07) is 8.11. The maximum atomic E-state index is 11.9. The molecule has 2 amide bonds. The molecule has 0 saturated carbocycles. The fourth-order valence-corrected chi connectivity index (χ4v) is 2.30. The standard InChI is InChI=1S/C17H26N2O2/c1-13(2)19(15(4)20)11-7-10-18-17(21)12-16-9-6-5-8-14(16)3/h5-6,8-9,13H,7,10-12H2,1-4H3,(H,18,21). The molecule has 1 aromatic rings. The van der Waals surface area contributed by atoms with Gasteiger partial charge in [0, 0.05) is 26.1 Å². The molecule has 0 aromatic heterocycles. The van der Waals surface area contributed by atoms with Crippen molar-refractivity contribution in [1.82, 2.24) is 10.2 Å². The van der Waals surface area contributed by atoms with Gasteiger partial charge >= 0.3 is 0 Å². The Morgan fingerprint density at radius 1 is 1.24 bits per heavy atom. The SMILES string of the molecule is CC(=O)N(CCCNC(=O)Cc1ccccc1C)C(C)C. The van der Waals surface area contributed by atoms with Gasteiger partial charge in [0.1, 0.15) is 0 Å². The lowest BCUT2D eigenvalue weighted by atomic mass is 10.1. The lowest BCUT2D eigenvalue weighted by Crippen LogP contribution is -2.37. The zero-order chi connectivity index (χ0) is 15.8. The van der Waals surface area contributed by atoms with E-state index < -0.39 is 0 Å². The predicted octanol–water partition coefficient (Wildman–Crippen LogP) is 2.30. The van der Waals surface area contributed by atoms with E-state index in [0.29, 0.717) is 19.5 Å². The molecule has 0 bridgehead atoms. The highest BCUT2D eigenvalue weighted by Gasteiger charge is 2.12. The van der Waals surface area contributed by atoms with Crippen molar-refractivity contribution >= 4 is 11.8 Å². The number of nitrogens with one attached hydrogen (secondary N) is 1. The number of benzene rings is 1. The first kappa shape index (κ1) is 17.2. The Labute approximate surface area is 127 Å². The topological polar surface area (TPSA) is 49.4 Å². The third-order valence-corrected chi connectivity index (χ3v) is 3.54. The summed E-state index contributed by atoms with van der Waals surface area (Å²) in [6.45, 7) is 8.86. The maximum Gasteiger partial charge on any atom is 0.224 e. The van der Waals surface area contributed by atoms with Crippen LogP contribution >= 0.6 is 0 Å². The highest BCUT2D eigenvalue weighted by molar-refractivity contribution is 5.78. The molecule has 0 aliphatic rings. The van der Waals surface area contributed by atoms with E-state index >= 15 is 0 Å². The molecule has 1 rings (SSSR count). The Morgan fingerprint density at radius 3 is 2.48 bits per heavy atom. The second-order valence-corrected chi connectivity index (χ2v) is 5.61. The van der Waals surface area contributed by atoms with Gasteiger partial charge in [-0.2, -0.15) is 0 Å². The van der Waals surface area contributed by atoms with Gasteiger partial charge < -0.3 is 10.2 Å². The van der Waals surface area contributed by atoms with Crippen molar-refractivity contribution in [3.63, 3.8) is 0 Å². The van der Waals surface area contributed by atoms with E-state index in [4.69, 9.17) is 0 Å².